The van der Waals surface area contributed by atoms with E-state index >= 15 is 0 Å². The molecule has 0 saturated heterocycles. The first kappa shape index (κ1) is 10.2. The van der Waals surface area contributed by atoms with Gasteiger partial charge in [0.05, 0.1) is 0 Å². The maximum atomic E-state index is 9.68. The van der Waals surface area contributed by atoms with Crippen LogP contribution >= 0.6 is 0 Å². The second kappa shape index (κ2) is 6.64. The van der Waals surface area contributed by atoms with Crippen molar-refractivity contribution in [2.24, 2.45) is 7.05 Å². The van der Waals surface area contributed by atoms with Gasteiger partial charge in [-0.25, -0.2) is 0 Å². The monoisotopic (exact) mass is 428 g/mol. The van der Waals surface area contributed by atoms with Crippen molar-refractivity contribution in [3.05, 3.63) is 64.8 Å². The Balaban J connectivity index is 2.23. The molecule has 4 aromatic rings. The number of nitriles is 1. The third-order valence-corrected chi connectivity index (χ3v) is 7.36. The van der Waals surface area contributed by atoms with E-state index in [0.29, 0.717) is 11.1 Å². The fraction of sp³-hybridized carbons (Fsp3) is 0.250. The predicted molar refractivity (Wildman–Crippen MR) is 113 cm³/mol. The fourth-order valence-corrected chi connectivity index (χ4v) is 6.18. The summed E-state index contributed by atoms with van der Waals surface area (Å²) in [6, 6.07) is 10.7. The van der Waals surface area contributed by atoms with E-state index in [-0.39, 0.29) is 25.9 Å². The Bertz CT molecular complexity index is 1580. The van der Waals surface area contributed by atoms with Crippen LogP contribution in [0, 0.1) is 25.2 Å². The third kappa shape index (κ3) is 2.81. The second-order valence-electron chi connectivity index (χ2n) is 6.52. The van der Waals surface area contributed by atoms with Crippen molar-refractivity contribution in [3.8, 4) is 17.3 Å². The number of aromatic nitrogens is 1. The molecule has 4 rings (SSSR count). The molecule has 0 aliphatic carbocycles. The zero-order chi connectivity index (χ0) is 27.0. The molecule has 3 heteroatoms. The van der Waals surface area contributed by atoms with Crippen LogP contribution in [0.15, 0.2) is 42.4 Å². The zero-order valence-corrected chi connectivity index (χ0v) is 16.9. The Kier molecular flexibility index (Phi) is 2.52. The van der Waals surface area contributed by atoms with E-state index in [1.807, 2.05) is 31.2 Å². The third-order valence-electron chi connectivity index (χ3n) is 4.87. The molecule has 0 aliphatic heterocycles. The summed E-state index contributed by atoms with van der Waals surface area (Å²) in [6.45, 7) is -3.23. The van der Waals surface area contributed by atoms with Gasteiger partial charge in [0.25, 0.3) is 0 Å². The van der Waals surface area contributed by atoms with Crippen LogP contribution in [-0.4, -0.2) is 14.5 Å². The molecule has 0 amide bonds. The molecule has 2 aromatic heterocycles. The molecule has 27 heavy (non-hydrogen) atoms. The molecule has 134 valence electrons. The average Bonchev–Trinajstić information content (AvgIpc) is 3.16. The predicted octanol–water partition coefficient (Wildman–Crippen LogP) is 5.15. The summed E-state index contributed by atoms with van der Waals surface area (Å²) in [5, 5.41) is 11.4. The second-order valence-corrected chi connectivity index (χ2v) is 8.73. The van der Waals surface area contributed by atoms with E-state index in [0.717, 1.165) is 24.9 Å². The molecule has 0 radical (unpaired) electrons. The molecular weight excluding hydrogens is 395 g/mol. The zero-order valence-electron chi connectivity index (χ0n) is 24.2. The van der Waals surface area contributed by atoms with Crippen molar-refractivity contribution in [2.75, 3.05) is 0 Å². The topological polar surface area (TPSA) is 27.7 Å². The van der Waals surface area contributed by atoms with Crippen molar-refractivity contribution < 1.29 is 16.9 Å². The van der Waals surface area contributed by atoms with Crippen LogP contribution < -0.4 is 4.57 Å². The number of benzene rings is 2. The summed E-state index contributed by atoms with van der Waals surface area (Å²) in [7, 11) is 1.65. The van der Waals surface area contributed by atoms with Crippen molar-refractivity contribution >= 4 is 33.8 Å². The summed E-state index contributed by atoms with van der Waals surface area (Å²) in [5.41, 5.74) is 1.83. The number of aryl methyl sites for hydroxylation is 1. The number of hydrogen-bond acceptors (Lipinski definition) is 1. The summed E-state index contributed by atoms with van der Waals surface area (Å²) < 4.78 is 77.6. The van der Waals surface area contributed by atoms with E-state index < -0.39 is 37.2 Å². The maximum absolute atomic E-state index is 9.68. The van der Waals surface area contributed by atoms with Crippen molar-refractivity contribution in [2.45, 2.75) is 33.4 Å². The van der Waals surface area contributed by atoms with Crippen LogP contribution in [0.2, 0.25) is 0 Å². The Morgan fingerprint density at radius 3 is 2.78 bits per heavy atom. The summed E-state index contributed by atoms with van der Waals surface area (Å²) >= 11 is -0.238. The van der Waals surface area contributed by atoms with Gasteiger partial charge >= 0.3 is 179 Å². The first-order valence-corrected chi connectivity index (χ1v) is 10.1. The van der Waals surface area contributed by atoms with Gasteiger partial charge in [-0.15, -0.1) is 0 Å². The number of fused-ring (bicyclic) bond motifs is 3. The Hall–Kier alpha value is -2.40. The molecule has 0 bridgehead atoms. The van der Waals surface area contributed by atoms with E-state index in [2.05, 4.69) is 6.07 Å². The number of rotatable bonds is 2. The minimum atomic E-state index is -3.32. The van der Waals surface area contributed by atoms with E-state index in [4.69, 9.17) is 12.3 Å². The standard InChI is InChI=1S/C24H23N2Se/c1-14(2)18-11-16(4)26(5)20(12-18)22-15(3)9-10-19-23-17(13-25)7-6-8-21(23)27-24(19)22/h6-12,14H,1-5H3/q+1/i1D3,2D3,11D,12D,14D. The van der Waals surface area contributed by atoms with Crippen LogP contribution in [0.5, 0.6) is 0 Å². The van der Waals surface area contributed by atoms with Gasteiger partial charge in [-0.1, -0.05) is 0 Å². The average molecular weight is 427 g/mol. The van der Waals surface area contributed by atoms with Crippen LogP contribution in [-0.2, 0) is 7.05 Å². The normalized spacial score (nSPS) is 17.6. The first-order chi connectivity index (χ1) is 16.6. The molecule has 2 nitrogen and oxygen atoms in total. The van der Waals surface area contributed by atoms with Gasteiger partial charge in [0.1, 0.15) is 0 Å². The molecular formula is C24H23N2Se+. The van der Waals surface area contributed by atoms with Gasteiger partial charge in [-0.05, 0) is 0 Å². The van der Waals surface area contributed by atoms with Crippen LogP contribution in [0.25, 0.3) is 30.6 Å². The summed E-state index contributed by atoms with van der Waals surface area (Å²) in [6.07, 6.45) is 0. The fourth-order valence-electron chi connectivity index (χ4n) is 3.40. The molecule has 0 atom stereocenters. The Morgan fingerprint density at radius 2 is 2.04 bits per heavy atom. The van der Waals surface area contributed by atoms with Gasteiger partial charge in [0, 0.05) is 0 Å². The molecule has 2 aromatic carbocycles. The van der Waals surface area contributed by atoms with Gasteiger partial charge in [0.2, 0.25) is 0 Å². The van der Waals surface area contributed by atoms with Crippen molar-refractivity contribution in [3.63, 3.8) is 0 Å². The first-order valence-electron chi connectivity index (χ1n) is 12.9. The Morgan fingerprint density at radius 1 is 1.22 bits per heavy atom. The molecule has 0 aliphatic rings. The SMILES string of the molecule is [2H]c1c(C([2H])(C([2H])([2H])[2H])C([2H])([2H])[2H])c([2H])c(-c2c(C)ccc3c2[se]c2cccc(C#N)c23)[n+](C)c1C. The molecule has 2 heterocycles. The van der Waals surface area contributed by atoms with E-state index in [1.54, 1.807) is 24.6 Å². The molecule has 0 fully saturated rings. The number of hydrogen-bond donors (Lipinski definition) is 0. The van der Waals surface area contributed by atoms with Crippen LogP contribution in [0.3, 0.4) is 0 Å². The van der Waals surface area contributed by atoms with Gasteiger partial charge in [-0.3, -0.25) is 0 Å². The van der Waals surface area contributed by atoms with Crippen molar-refractivity contribution in [1.82, 2.24) is 0 Å². The van der Waals surface area contributed by atoms with Crippen LogP contribution in [0.4, 0.5) is 0 Å². The quantitative estimate of drug-likeness (QED) is 0.321. The van der Waals surface area contributed by atoms with Crippen LogP contribution in [0.1, 0.15) is 54.3 Å². The minimum absolute atomic E-state index is 0.238. The number of pyridine rings is 1. The molecule has 0 spiro atoms. The summed E-state index contributed by atoms with van der Waals surface area (Å²) in [5.74, 6) is -3.17. The summed E-state index contributed by atoms with van der Waals surface area (Å²) in [4.78, 5) is 0. The van der Waals surface area contributed by atoms with E-state index in [1.165, 1.54) is 0 Å². The Labute approximate surface area is 179 Å². The van der Waals surface area contributed by atoms with Gasteiger partial charge in [-0.2, -0.15) is 0 Å². The number of nitrogens with zero attached hydrogens (tertiary/aromatic N) is 2. The molecule has 0 N–H and O–H groups in total. The van der Waals surface area contributed by atoms with Crippen molar-refractivity contribution in [1.29, 1.82) is 5.26 Å². The molecule has 0 saturated carbocycles. The van der Waals surface area contributed by atoms with Gasteiger partial charge in [0.15, 0.2) is 0 Å². The van der Waals surface area contributed by atoms with E-state index in [9.17, 15) is 5.26 Å². The molecule has 0 unspecified atom stereocenters. The van der Waals surface area contributed by atoms with Gasteiger partial charge < -0.3 is 0 Å².